The second-order valence-corrected chi connectivity index (χ2v) is 13.0. The molecule has 9 heteroatoms. The molecule has 8 rings (SSSR count). The van der Waals surface area contributed by atoms with Gasteiger partial charge in [-0.1, -0.05) is 30.8 Å². The molecule has 8 nitrogen and oxygen atoms in total. The lowest BCUT2D eigenvalue weighted by Gasteiger charge is -2.34. The van der Waals surface area contributed by atoms with Gasteiger partial charge >= 0.3 is 0 Å². The van der Waals surface area contributed by atoms with E-state index in [-0.39, 0.29) is 12.2 Å². The van der Waals surface area contributed by atoms with Crippen LogP contribution in [-0.4, -0.2) is 59.0 Å². The van der Waals surface area contributed by atoms with Crippen LogP contribution in [0.1, 0.15) is 53.2 Å². The highest BCUT2D eigenvalue weighted by Gasteiger charge is 2.31. The van der Waals surface area contributed by atoms with Crippen molar-refractivity contribution < 1.29 is 18.9 Å². The van der Waals surface area contributed by atoms with Crippen molar-refractivity contribution in [3.05, 3.63) is 89.2 Å². The molecule has 0 aliphatic carbocycles. The summed E-state index contributed by atoms with van der Waals surface area (Å²) in [5.41, 5.74) is 5.35. The fourth-order valence-electron chi connectivity index (χ4n) is 6.62. The van der Waals surface area contributed by atoms with Crippen molar-refractivity contribution in [2.24, 2.45) is 0 Å². The van der Waals surface area contributed by atoms with E-state index in [4.69, 9.17) is 28.9 Å². The highest BCUT2D eigenvalue weighted by molar-refractivity contribution is 7.18. The van der Waals surface area contributed by atoms with Gasteiger partial charge in [-0.05, 0) is 74.7 Å². The van der Waals surface area contributed by atoms with Crippen molar-refractivity contribution in [1.82, 2.24) is 19.4 Å². The van der Waals surface area contributed by atoms with Crippen LogP contribution in [0.2, 0.25) is 0 Å². The molecule has 5 aromatic rings. The van der Waals surface area contributed by atoms with E-state index in [0.29, 0.717) is 18.3 Å². The number of fused-ring (bicyclic) bond motifs is 3. The van der Waals surface area contributed by atoms with Crippen LogP contribution in [0.4, 0.5) is 0 Å². The van der Waals surface area contributed by atoms with Gasteiger partial charge in [-0.15, -0.1) is 11.3 Å². The number of hydrogen-bond donors (Lipinski definition) is 0. The summed E-state index contributed by atoms with van der Waals surface area (Å²) in [6.07, 6.45) is 3.26. The number of benzene rings is 3. The van der Waals surface area contributed by atoms with E-state index in [0.717, 1.165) is 96.5 Å². The van der Waals surface area contributed by atoms with Gasteiger partial charge in [-0.2, -0.15) is 0 Å². The number of aromatic nitrogens is 3. The maximum atomic E-state index is 6.47. The molecule has 3 aromatic carbocycles. The Balaban J connectivity index is 0.969. The number of nitrogens with zero attached hydrogens (tertiary/aromatic N) is 4. The molecule has 2 saturated heterocycles. The molecule has 0 unspecified atom stereocenters. The molecule has 226 valence electrons. The third-order valence-corrected chi connectivity index (χ3v) is 10.3. The van der Waals surface area contributed by atoms with E-state index < -0.39 is 0 Å². The van der Waals surface area contributed by atoms with Crippen LogP contribution in [0.3, 0.4) is 0 Å². The lowest BCUT2D eigenvalue weighted by molar-refractivity contribution is -0.0592. The first-order chi connectivity index (χ1) is 21.6. The van der Waals surface area contributed by atoms with Crippen molar-refractivity contribution in [2.75, 3.05) is 33.4 Å². The lowest BCUT2D eigenvalue weighted by Crippen LogP contribution is -2.35. The zero-order valence-electron chi connectivity index (χ0n) is 24.9. The third kappa shape index (κ3) is 5.12. The van der Waals surface area contributed by atoms with E-state index >= 15 is 0 Å². The minimum atomic E-state index is -0.190. The van der Waals surface area contributed by atoms with Crippen LogP contribution < -0.4 is 9.47 Å². The van der Waals surface area contributed by atoms with Gasteiger partial charge in [-0.3, -0.25) is 4.90 Å². The first-order valence-corrected chi connectivity index (χ1v) is 16.3. The highest BCUT2D eigenvalue weighted by atomic mass is 32.1. The first-order valence-electron chi connectivity index (χ1n) is 15.5. The SMILES string of the molecule is C=C(OC)c1ccc2nc(CN3CCC(c4cccc5c4OC[C@@H](c4nc6ccccc6s4)O5)CC3)n(C[C@@H]3CCO3)c2c1. The Labute approximate surface area is 260 Å². The number of piperidine rings is 1. The van der Waals surface area contributed by atoms with Crippen LogP contribution in [0, 0.1) is 0 Å². The summed E-state index contributed by atoms with van der Waals surface area (Å²) in [4.78, 5) is 12.4. The summed E-state index contributed by atoms with van der Waals surface area (Å²) in [6.45, 7) is 8.99. The fourth-order valence-corrected chi connectivity index (χ4v) is 7.60. The molecule has 0 amide bonds. The van der Waals surface area contributed by atoms with Gasteiger partial charge in [0.1, 0.15) is 23.2 Å². The Morgan fingerprint density at radius 2 is 1.89 bits per heavy atom. The fraction of sp³-hybridized carbons (Fsp3) is 0.371. The van der Waals surface area contributed by atoms with Gasteiger partial charge in [0.2, 0.25) is 0 Å². The van der Waals surface area contributed by atoms with Crippen LogP contribution in [0.25, 0.3) is 27.0 Å². The normalized spacial score (nSPS) is 20.6. The predicted molar refractivity (Wildman–Crippen MR) is 172 cm³/mol. The van der Waals surface area contributed by atoms with Crippen LogP contribution in [0.15, 0.2) is 67.2 Å². The summed E-state index contributed by atoms with van der Waals surface area (Å²) >= 11 is 1.68. The molecular formula is C35H36N4O4S. The van der Waals surface area contributed by atoms with Gasteiger partial charge in [0.25, 0.3) is 0 Å². The van der Waals surface area contributed by atoms with Crippen molar-refractivity contribution in [1.29, 1.82) is 0 Å². The molecule has 2 fully saturated rings. The van der Waals surface area contributed by atoms with Gasteiger partial charge in [0, 0.05) is 17.7 Å². The van der Waals surface area contributed by atoms with Crippen LogP contribution in [-0.2, 0) is 22.6 Å². The van der Waals surface area contributed by atoms with E-state index in [1.807, 2.05) is 30.3 Å². The second kappa shape index (κ2) is 11.5. The maximum absolute atomic E-state index is 6.47. The minimum Gasteiger partial charge on any atom is -0.497 e. The number of likely N-dealkylation sites (tertiary alicyclic amines) is 1. The Morgan fingerprint density at radius 3 is 2.68 bits per heavy atom. The third-order valence-electron chi connectivity index (χ3n) is 9.21. The molecule has 3 aliphatic rings. The number of hydrogen-bond acceptors (Lipinski definition) is 8. The monoisotopic (exact) mass is 608 g/mol. The minimum absolute atomic E-state index is 0.190. The Morgan fingerprint density at radius 1 is 1.02 bits per heavy atom. The van der Waals surface area contributed by atoms with Gasteiger partial charge in [-0.25, -0.2) is 9.97 Å². The number of para-hydroxylation sites is 2. The van der Waals surface area contributed by atoms with E-state index in [9.17, 15) is 0 Å². The average molecular weight is 609 g/mol. The van der Waals surface area contributed by atoms with E-state index in [1.54, 1.807) is 18.4 Å². The molecule has 2 atom stereocenters. The zero-order chi connectivity index (χ0) is 29.6. The van der Waals surface area contributed by atoms with Crippen molar-refractivity contribution in [2.45, 2.75) is 50.5 Å². The summed E-state index contributed by atoms with van der Waals surface area (Å²) < 4.78 is 27.6. The number of imidazole rings is 1. The van der Waals surface area contributed by atoms with E-state index in [2.05, 4.69) is 46.4 Å². The first kappa shape index (κ1) is 27.6. The number of thiazole rings is 1. The molecular weight excluding hydrogens is 572 g/mol. The topological polar surface area (TPSA) is 70.9 Å². The zero-order valence-corrected chi connectivity index (χ0v) is 25.7. The molecule has 0 bridgehead atoms. The molecule has 5 heterocycles. The summed E-state index contributed by atoms with van der Waals surface area (Å²) in [5.74, 6) is 3.90. The molecule has 0 N–H and O–H groups in total. The average Bonchev–Trinajstić information content (AvgIpc) is 3.63. The largest absolute Gasteiger partial charge is 0.497 e. The van der Waals surface area contributed by atoms with Crippen molar-refractivity contribution in [3.63, 3.8) is 0 Å². The summed E-state index contributed by atoms with van der Waals surface area (Å²) in [6, 6.07) is 20.8. The Bertz CT molecular complexity index is 1800. The number of rotatable bonds is 8. The number of ether oxygens (including phenoxy) is 4. The molecule has 0 radical (unpaired) electrons. The Kier molecular flexibility index (Phi) is 7.24. The van der Waals surface area contributed by atoms with Crippen LogP contribution in [0.5, 0.6) is 11.5 Å². The van der Waals surface area contributed by atoms with Gasteiger partial charge < -0.3 is 23.5 Å². The molecule has 3 aliphatic heterocycles. The summed E-state index contributed by atoms with van der Waals surface area (Å²) in [5, 5.41) is 0.963. The smallest absolute Gasteiger partial charge is 0.184 e. The molecule has 44 heavy (non-hydrogen) atoms. The second-order valence-electron chi connectivity index (χ2n) is 11.9. The maximum Gasteiger partial charge on any atom is 0.184 e. The van der Waals surface area contributed by atoms with Gasteiger partial charge in [0.05, 0.1) is 47.6 Å². The number of methoxy groups -OCH3 is 1. The van der Waals surface area contributed by atoms with Crippen molar-refractivity contribution in [3.8, 4) is 11.5 Å². The summed E-state index contributed by atoms with van der Waals surface area (Å²) in [7, 11) is 1.66. The predicted octanol–water partition coefficient (Wildman–Crippen LogP) is 6.94. The standard InChI is InChI=1S/C35H36N4O4S/c1-22(40-2)24-10-11-27-29(18-24)39(19-25-14-17-41-25)33(36-27)20-38-15-12-23(13-16-38)26-6-5-8-30-34(26)42-21-31(43-30)35-37-28-7-3-4-9-32(28)44-35/h3-11,18,23,25,31H,1,12-17,19-21H2,2H3/t25-,31-/m0/s1. The highest BCUT2D eigenvalue weighted by Crippen LogP contribution is 2.45. The van der Waals surface area contributed by atoms with Gasteiger partial charge in [0.15, 0.2) is 17.6 Å². The van der Waals surface area contributed by atoms with E-state index in [1.165, 1.54) is 10.3 Å². The lowest BCUT2D eigenvalue weighted by atomic mass is 9.88. The van der Waals surface area contributed by atoms with Crippen molar-refractivity contribution >= 4 is 38.3 Å². The van der Waals surface area contributed by atoms with Crippen LogP contribution >= 0.6 is 11.3 Å². The molecule has 0 spiro atoms. The molecule has 0 saturated carbocycles. The molecule has 2 aromatic heterocycles. The Hall–Kier alpha value is -3.92. The quantitative estimate of drug-likeness (QED) is 0.177.